The molecule has 2 aromatic rings. The number of aliphatic hydroxyl groups excluding tert-OH is 1. The molecule has 0 spiro atoms. The van der Waals surface area contributed by atoms with E-state index in [1.54, 1.807) is 66.7 Å². The van der Waals surface area contributed by atoms with Crippen molar-refractivity contribution in [2.75, 3.05) is 13.2 Å². The zero-order valence-electron chi connectivity index (χ0n) is 18.9. The van der Waals surface area contributed by atoms with E-state index < -0.39 is 40.5 Å². The van der Waals surface area contributed by atoms with Gasteiger partial charge in [0.25, 0.3) is 0 Å². The first-order valence-electron chi connectivity index (χ1n) is 10.8. The van der Waals surface area contributed by atoms with E-state index in [0.29, 0.717) is 11.3 Å². The maximum absolute atomic E-state index is 13.0. The van der Waals surface area contributed by atoms with Crippen LogP contribution in [0.25, 0.3) is 0 Å². The van der Waals surface area contributed by atoms with Crippen LogP contribution in [0.2, 0.25) is 0 Å². The van der Waals surface area contributed by atoms with E-state index >= 15 is 0 Å². The molecule has 1 aliphatic rings. The molecule has 0 saturated carbocycles. The molecule has 35 heavy (non-hydrogen) atoms. The number of rotatable bonds is 10. The predicted octanol–water partition coefficient (Wildman–Crippen LogP) is -0.545. The summed E-state index contributed by atoms with van der Waals surface area (Å²) >= 11 is 0. The number of amides is 2. The number of nitrogens with zero attached hydrogens (tertiary/aromatic N) is 2. The van der Waals surface area contributed by atoms with Gasteiger partial charge in [-0.1, -0.05) is 54.6 Å². The van der Waals surface area contributed by atoms with Crippen LogP contribution in [-0.2, 0) is 31.9 Å². The van der Waals surface area contributed by atoms with Crippen molar-refractivity contribution in [1.82, 2.24) is 14.9 Å². The van der Waals surface area contributed by atoms with Crippen molar-refractivity contribution in [3.8, 4) is 0 Å². The molecule has 0 bridgehead atoms. The SMILES string of the molecule is NC(N)=Nc1ccc(CNC(=O)C2C=CCN2C(=O)[C@@H](CO)NS(=O)(=O)Cc2ccccc2)cc1. The van der Waals surface area contributed by atoms with E-state index in [-0.39, 0.29) is 24.8 Å². The van der Waals surface area contributed by atoms with Crippen molar-refractivity contribution < 1.29 is 23.1 Å². The summed E-state index contributed by atoms with van der Waals surface area (Å²) in [6, 6.07) is 13.0. The van der Waals surface area contributed by atoms with Crippen molar-refractivity contribution in [2.24, 2.45) is 16.5 Å². The highest BCUT2D eigenvalue weighted by molar-refractivity contribution is 7.88. The molecule has 12 heteroatoms. The Morgan fingerprint density at radius 1 is 1.09 bits per heavy atom. The van der Waals surface area contributed by atoms with Crippen LogP contribution < -0.4 is 21.5 Å². The third kappa shape index (κ3) is 7.37. The summed E-state index contributed by atoms with van der Waals surface area (Å²) in [5, 5.41) is 12.5. The van der Waals surface area contributed by atoms with Crippen LogP contribution in [0.3, 0.4) is 0 Å². The molecule has 0 saturated heterocycles. The van der Waals surface area contributed by atoms with Gasteiger partial charge in [-0.15, -0.1) is 0 Å². The summed E-state index contributed by atoms with van der Waals surface area (Å²) in [4.78, 5) is 30.9. The van der Waals surface area contributed by atoms with Crippen LogP contribution in [0.1, 0.15) is 11.1 Å². The molecule has 3 rings (SSSR count). The second kappa shape index (κ2) is 11.6. The number of carbonyl (C=O) groups excluding carboxylic acids is 2. The lowest BCUT2D eigenvalue weighted by Crippen LogP contribution is -2.55. The van der Waals surface area contributed by atoms with E-state index in [9.17, 15) is 23.1 Å². The van der Waals surface area contributed by atoms with E-state index in [1.807, 2.05) is 0 Å². The van der Waals surface area contributed by atoms with Crippen LogP contribution in [-0.4, -0.2) is 61.4 Å². The first-order chi connectivity index (χ1) is 16.7. The van der Waals surface area contributed by atoms with Crippen LogP contribution in [0.4, 0.5) is 5.69 Å². The van der Waals surface area contributed by atoms with Crippen molar-refractivity contribution in [3.05, 3.63) is 77.9 Å². The highest BCUT2D eigenvalue weighted by Crippen LogP contribution is 2.15. The number of benzene rings is 2. The Hall–Kier alpha value is -3.74. The quantitative estimate of drug-likeness (QED) is 0.165. The van der Waals surface area contributed by atoms with Gasteiger partial charge in [0.15, 0.2) is 5.96 Å². The van der Waals surface area contributed by atoms with Gasteiger partial charge in [0.05, 0.1) is 18.0 Å². The number of carbonyl (C=O) groups is 2. The van der Waals surface area contributed by atoms with Gasteiger partial charge in [0.2, 0.25) is 21.8 Å². The lowest BCUT2D eigenvalue weighted by Gasteiger charge is -2.27. The van der Waals surface area contributed by atoms with Gasteiger partial charge in [0, 0.05) is 13.1 Å². The summed E-state index contributed by atoms with van der Waals surface area (Å²) in [5.74, 6) is -1.55. The molecule has 2 atom stereocenters. The van der Waals surface area contributed by atoms with Crippen molar-refractivity contribution in [1.29, 1.82) is 0 Å². The molecule has 186 valence electrons. The monoisotopic (exact) mass is 500 g/mol. The normalized spacial score (nSPS) is 16.0. The molecular formula is C23H28N6O5S. The van der Waals surface area contributed by atoms with Crippen LogP contribution in [0, 0.1) is 0 Å². The van der Waals surface area contributed by atoms with Gasteiger partial charge >= 0.3 is 0 Å². The minimum atomic E-state index is -3.92. The fraction of sp³-hybridized carbons (Fsp3) is 0.261. The van der Waals surface area contributed by atoms with Crippen LogP contribution >= 0.6 is 0 Å². The molecule has 0 radical (unpaired) electrons. The third-order valence-corrected chi connectivity index (χ3v) is 6.53. The van der Waals surface area contributed by atoms with Gasteiger partial charge < -0.3 is 26.8 Å². The van der Waals surface area contributed by atoms with Crippen LogP contribution in [0.5, 0.6) is 0 Å². The summed E-state index contributed by atoms with van der Waals surface area (Å²) in [6.45, 7) is -0.443. The van der Waals surface area contributed by atoms with E-state index in [0.717, 1.165) is 5.56 Å². The average Bonchev–Trinajstić information content (AvgIpc) is 3.31. The molecule has 1 aliphatic heterocycles. The molecular weight excluding hydrogens is 472 g/mol. The van der Waals surface area contributed by atoms with Crippen molar-refractivity contribution >= 4 is 33.5 Å². The Morgan fingerprint density at radius 2 is 1.77 bits per heavy atom. The standard InChI is InChI=1S/C23H28N6O5S/c24-23(25)27-18-10-8-16(9-11-18)13-26-21(31)20-7-4-12-29(20)22(32)19(14-30)28-35(33,34)15-17-5-2-1-3-6-17/h1-11,19-20,28,30H,12-15H2,(H,26,31)(H4,24,25,27)/t19-,20?/m1/s1. The Bertz CT molecular complexity index is 1190. The smallest absolute Gasteiger partial charge is 0.247 e. The number of sulfonamides is 1. The topological polar surface area (TPSA) is 180 Å². The summed E-state index contributed by atoms with van der Waals surface area (Å²) in [5.41, 5.74) is 12.6. The summed E-state index contributed by atoms with van der Waals surface area (Å²) in [6.07, 6.45) is 3.20. The van der Waals surface area contributed by atoms with Gasteiger partial charge in [-0.3, -0.25) is 9.59 Å². The molecule has 0 aliphatic carbocycles. The van der Waals surface area contributed by atoms with Crippen molar-refractivity contribution in [3.63, 3.8) is 0 Å². The van der Waals surface area contributed by atoms with E-state index in [4.69, 9.17) is 11.5 Å². The number of guanidine groups is 1. The molecule has 0 aromatic heterocycles. The van der Waals surface area contributed by atoms with Gasteiger partial charge in [-0.05, 0) is 23.3 Å². The maximum Gasteiger partial charge on any atom is 0.247 e. The summed E-state index contributed by atoms with van der Waals surface area (Å²) < 4.78 is 27.3. The first kappa shape index (κ1) is 25.9. The Labute approximate surface area is 203 Å². The second-order valence-electron chi connectivity index (χ2n) is 7.88. The van der Waals surface area contributed by atoms with E-state index in [2.05, 4.69) is 15.0 Å². The second-order valence-corrected chi connectivity index (χ2v) is 9.64. The van der Waals surface area contributed by atoms with Gasteiger partial charge in [-0.25, -0.2) is 18.1 Å². The molecule has 1 heterocycles. The summed E-state index contributed by atoms with van der Waals surface area (Å²) in [7, 11) is -3.92. The Kier molecular flexibility index (Phi) is 8.58. The first-order valence-corrected chi connectivity index (χ1v) is 12.4. The number of nitrogens with one attached hydrogen (secondary N) is 2. The largest absolute Gasteiger partial charge is 0.394 e. The Morgan fingerprint density at radius 3 is 2.40 bits per heavy atom. The lowest BCUT2D eigenvalue weighted by molar-refractivity contribution is -0.139. The fourth-order valence-electron chi connectivity index (χ4n) is 3.53. The zero-order valence-corrected chi connectivity index (χ0v) is 19.7. The number of aliphatic imine (C=N–C) groups is 1. The maximum atomic E-state index is 13.0. The minimum Gasteiger partial charge on any atom is -0.394 e. The molecule has 7 N–H and O–H groups in total. The molecule has 2 aromatic carbocycles. The predicted molar refractivity (Wildman–Crippen MR) is 131 cm³/mol. The third-order valence-electron chi connectivity index (χ3n) is 5.17. The van der Waals surface area contributed by atoms with Crippen LogP contribution in [0.15, 0.2) is 71.7 Å². The zero-order chi connectivity index (χ0) is 25.4. The number of hydrogen-bond donors (Lipinski definition) is 5. The number of aliphatic hydroxyl groups is 1. The molecule has 2 amide bonds. The lowest BCUT2D eigenvalue weighted by atomic mass is 10.2. The van der Waals surface area contributed by atoms with Gasteiger partial charge in [0.1, 0.15) is 12.1 Å². The fourth-order valence-corrected chi connectivity index (χ4v) is 4.85. The van der Waals surface area contributed by atoms with E-state index in [1.165, 1.54) is 4.90 Å². The molecule has 0 fully saturated rings. The Balaban J connectivity index is 1.60. The highest BCUT2D eigenvalue weighted by Gasteiger charge is 2.35. The van der Waals surface area contributed by atoms with Gasteiger partial charge in [-0.2, -0.15) is 0 Å². The molecule has 1 unspecified atom stereocenters. The van der Waals surface area contributed by atoms with Crippen molar-refractivity contribution in [2.45, 2.75) is 24.4 Å². The minimum absolute atomic E-state index is 0.0626. The molecule has 11 nitrogen and oxygen atoms in total. The highest BCUT2D eigenvalue weighted by atomic mass is 32.2. The number of hydrogen-bond acceptors (Lipinski definition) is 6. The average molecular weight is 501 g/mol. The number of nitrogens with two attached hydrogens (primary N) is 2.